The Balaban J connectivity index is 2.17. The molecule has 2 fully saturated rings. The van der Waals surface area contributed by atoms with E-state index in [1.807, 2.05) is 0 Å². The predicted octanol–water partition coefficient (Wildman–Crippen LogP) is 1.78. The fraction of sp³-hybridized carbons (Fsp3) is 0.900. The lowest BCUT2D eigenvalue weighted by Crippen LogP contribution is -2.33. The Morgan fingerprint density at radius 3 is 2.58 bits per heavy atom. The van der Waals surface area contributed by atoms with Gasteiger partial charge in [0.2, 0.25) is 0 Å². The van der Waals surface area contributed by atoms with E-state index in [0.29, 0.717) is 18.4 Å². The molecule has 2 aliphatic rings. The highest BCUT2D eigenvalue weighted by Gasteiger charge is 2.69. The highest BCUT2D eigenvalue weighted by Crippen LogP contribution is 2.63. The lowest BCUT2D eigenvalue weighted by molar-refractivity contribution is -0.109. The summed E-state index contributed by atoms with van der Waals surface area (Å²) in [6.07, 6.45) is 3.24. The van der Waals surface area contributed by atoms with Gasteiger partial charge in [0.25, 0.3) is 0 Å². The summed E-state index contributed by atoms with van der Waals surface area (Å²) in [5, 5.41) is 0. The molecule has 2 heteroatoms. The van der Waals surface area contributed by atoms with Crippen LogP contribution in [0.4, 0.5) is 0 Å². The number of carbonyl (C=O) groups is 1. The molecule has 0 amide bonds. The summed E-state index contributed by atoms with van der Waals surface area (Å²) in [5.41, 5.74) is 0.249. The summed E-state index contributed by atoms with van der Waals surface area (Å²) < 4.78 is 5.62. The number of carbonyl (C=O) groups excluding carboxylic acids is 1. The van der Waals surface area contributed by atoms with E-state index < -0.39 is 0 Å². The van der Waals surface area contributed by atoms with Gasteiger partial charge in [-0.3, -0.25) is 0 Å². The molecule has 0 spiro atoms. The Morgan fingerprint density at radius 2 is 2.17 bits per heavy atom. The minimum absolute atomic E-state index is 0.0701. The number of rotatable bonds is 2. The van der Waals surface area contributed by atoms with Crippen LogP contribution in [-0.2, 0) is 9.53 Å². The predicted molar refractivity (Wildman–Crippen MR) is 45.8 cm³/mol. The van der Waals surface area contributed by atoms with Crippen LogP contribution in [0, 0.1) is 11.3 Å². The van der Waals surface area contributed by atoms with Gasteiger partial charge in [0.1, 0.15) is 6.29 Å². The second-order valence-corrected chi connectivity index (χ2v) is 4.77. The van der Waals surface area contributed by atoms with Crippen LogP contribution in [0.5, 0.6) is 0 Å². The lowest BCUT2D eigenvalue weighted by atomic mass is 9.74. The number of aldehydes is 1. The molecule has 1 saturated heterocycles. The van der Waals surface area contributed by atoms with Gasteiger partial charge in [-0.15, -0.1) is 0 Å². The molecule has 3 atom stereocenters. The lowest BCUT2D eigenvalue weighted by Gasteiger charge is -2.32. The quantitative estimate of drug-likeness (QED) is 0.464. The molecule has 0 N–H and O–H groups in total. The standard InChI is InChI=1S/C10H16O2/c1-9(2)7(4-5-11)6-8-10(9,3)12-8/h5,7-8H,4,6H2,1-3H3/t7-,8-,10-/m0/s1. The topological polar surface area (TPSA) is 29.6 Å². The molecular weight excluding hydrogens is 152 g/mol. The third kappa shape index (κ3) is 0.764. The average molecular weight is 168 g/mol. The Morgan fingerprint density at radius 1 is 1.50 bits per heavy atom. The van der Waals surface area contributed by atoms with Gasteiger partial charge < -0.3 is 9.53 Å². The zero-order valence-corrected chi connectivity index (χ0v) is 7.96. The molecule has 0 unspecified atom stereocenters. The number of ether oxygens (including phenoxy) is 1. The monoisotopic (exact) mass is 168 g/mol. The number of hydrogen-bond donors (Lipinski definition) is 0. The first-order valence-corrected chi connectivity index (χ1v) is 4.64. The summed E-state index contributed by atoms with van der Waals surface area (Å²) >= 11 is 0. The first-order chi connectivity index (χ1) is 5.52. The fourth-order valence-electron chi connectivity index (χ4n) is 2.57. The summed E-state index contributed by atoms with van der Waals surface area (Å²) in [6.45, 7) is 6.60. The van der Waals surface area contributed by atoms with E-state index in [1.54, 1.807) is 0 Å². The molecule has 68 valence electrons. The van der Waals surface area contributed by atoms with Crippen molar-refractivity contribution in [2.45, 2.75) is 45.3 Å². The number of fused-ring (bicyclic) bond motifs is 1. The molecule has 0 aromatic rings. The molecule has 1 saturated carbocycles. The van der Waals surface area contributed by atoms with Crippen molar-refractivity contribution in [3.63, 3.8) is 0 Å². The van der Waals surface area contributed by atoms with Crippen LogP contribution < -0.4 is 0 Å². The van der Waals surface area contributed by atoms with Crippen molar-refractivity contribution in [1.82, 2.24) is 0 Å². The van der Waals surface area contributed by atoms with Gasteiger partial charge in [-0.1, -0.05) is 13.8 Å². The van der Waals surface area contributed by atoms with Crippen LogP contribution in [0.1, 0.15) is 33.6 Å². The molecule has 0 bridgehead atoms. The zero-order chi connectivity index (χ0) is 8.98. The second-order valence-electron chi connectivity index (χ2n) is 4.77. The molecule has 1 aliphatic heterocycles. The Kier molecular flexibility index (Phi) is 1.45. The maximum absolute atomic E-state index is 10.4. The van der Waals surface area contributed by atoms with Crippen molar-refractivity contribution in [3.05, 3.63) is 0 Å². The largest absolute Gasteiger partial charge is 0.366 e. The van der Waals surface area contributed by atoms with Gasteiger partial charge in [0.15, 0.2) is 0 Å². The molecule has 0 radical (unpaired) electrons. The van der Waals surface area contributed by atoms with Crippen molar-refractivity contribution in [2.24, 2.45) is 11.3 Å². The molecule has 12 heavy (non-hydrogen) atoms. The highest BCUT2D eigenvalue weighted by molar-refractivity contribution is 5.50. The van der Waals surface area contributed by atoms with Crippen molar-refractivity contribution in [2.75, 3.05) is 0 Å². The van der Waals surface area contributed by atoms with Crippen molar-refractivity contribution in [3.8, 4) is 0 Å². The van der Waals surface area contributed by atoms with Gasteiger partial charge in [-0.2, -0.15) is 0 Å². The smallest absolute Gasteiger partial charge is 0.120 e. The first kappa shape index (κ1) is 8.24. The third-order valence-corrected chi connectivity index (χ3v) is 4.12. The van der Waals surface area contributed by atoms with Crippen molar-refractivity contribution < 1.29 is 9.53 Å². The van der Waals surface area contributed by atoms with Crippen molar-refractivity contribution >= 4 is 6.29 Å². The van der Waals surface area contributed by atoms with E-state index in [1.165, 1.54) is 0 Å². The van der Waals surface area contributed by atoms with E-state index in [0.717, 1.165) is 12.7 Å². The molecule has 0 aromatic heterocycles. The van der Waals surface area contributed by atoms with Crippen LogP contribution in [0.2, 0.25) is 0 Å². The molecule has 1 heterocycles. The number of epoxide rings is 1. The van der Waals surface area contributed by atoms with Gasteiger partial charge in [0.05, 0.1) is 11.7 Å². The summed E-state index contributed by atoms with van der Waals surface area (Å²) in [7, 11) is 0. The molecule has 0 aromatic carbocycles. The second kappa shape index (κ2) is 2.11. The average Bonchev–Trinajstić information content (AvgIpc) is 2.58. The third-order valence-electron chi connectivity index (χ3n) is 4.12. The van der Waals surface area contributed by atoms with Crippen LogP contribution in [0.25, 0.3) is 0 Å². The fourth-order valence-corrected chi connectivity index (χ4v) is 2.57. The van der Waals surface area contributed by atoms with E-state index >= 15 is 0 Å². The van der Waals surface area contributed by atoms with E-state index in [9.17, 15) is 4.79 Å². The summed E-state index contributed by atoms with van der Waals surface area (Å²) in [5.74, 6) is 0.527. The first-order valence-electron chi connectivity index (χ1n) is 4.64. The van der Waals surface area contributed by atoms with Gasteiger partial charge in [0, 0.05) is 6.42 Å². The van der Waals surface area contributed by atoms with Gasteiger partial charge >= 0.3 is 0 Å². The Labute approximate surface area is 73.3 Å². The Bertz CT molecular complexity index is 222. The van der Waals surface area contributed by atoms with Gasteiger partial charge in [-0.05, 0) is 24.7 Å². The molecule has 2 nitrogen and oxygen atoms in total. The van der Waals surface area contributed by atoms with E-state index in [4.69, 9.17) is 4.74 Å². The maximum atomic E-state index is 10.4. The summed E-state index contributed by atoms with van der Waals surface area (Å²) in [4.78, 5) is 10.4. The van der Waals surface area contributed by atoms with E-state index in [-0.39, 0.29) is 11.0 Å². The molecular formula is C10H16O2. The van der Waals surface area contributed by atoms with Crippen LogP contribution >= 0.6 is 0 Å². The van der Waals surface area contributed by atoms with Crippen LogP contribution in [0.15, 0.2) is 0 Å². The zero-order valence-electron chi connectivity index (χ0n) is 7.96. The normalized spacial score (nSPS) is 48.6. The number of hydrogen-bond acceptors (Lipinski definition) is 2. The van der Waals surface area contributed by atoms with Crippen LogP contribution in [0.3, 0.4) is 0 Å². The molecule has 2 rings (SSSR count). The Hall–Kier alpha value is -0.370. The highest BCUT2D eigenvalue weighted by atomic mass is 16.6. The SMILES string of the molecule is CC1(C)[C@@H](CC=O)C[C@@H]2O[C@@]21C. The minimum Gasteiger partial charge on any atom is -0.366 e. The van der Waals surface area contributed by atoms with Crippen molar-refractivity contribution in [1.29, 1.82) is 0 Å². The minimum atomic E-state index is 0.0701. The van der Waals surface area contributed by atoms with Crippen LogP contribution in [-0.4, -0.2) is 18.0 Å². The van der Waals surface area contributed by atoms with Gasteiger partial charge in [-0.25, -0.2) is 0 Å². The summed E-state index contributed by atoms with van der Waals surface area (Å²) in [6, 6.07) is 0. The molecule has 1 aliphatic carbocycles. The maximum Gasteiger partial charge on any atom is 0.120 e. The van der Waals surface area contributed by atoms with E-state index in [2.05, 4.69) is 20.8 Å².